The fraction of sp³-hybridized carbons (Fsp3) is 0.800. The Balaban J connectivity index is 2.36. The van der Waals surface area contributed by atoms with E-state index in [9.17, 15) is 9.59 Å². The lowest BCUT2D eigenvalue weighted by molar-refractivity contribution is -0.148. The van der Waals surface area contributed by atoms with Gasteiger partial charge in [-0.3, -0.25) is 9.59 Å². The standard InChI is InChI=1S/C10H16O4/c1-7(10(12)13-2)9(11)5-8-3-4-14-6-8/h7-8H,3-6H2,1-2H3. The van der Waals surface area contributed by atoms with E-state index in [-0.39, 0.29) is 11.7 Å². The minimum atomic E-state index is -0.638. The van der Waals surface area contributed by atoms with E-state index in [1.807, 2.05) is 0 Å². The van der Waals surface area contributed by atoms with Gasteiger partial charge in [-0.05, 0) is 19.3 Å². The van der Waals surface area contributed by atoms with Crippen molar-refractivity contribution in [1.29, 1.82) is 0 Å². The second-order valence-electron chi connectivity index (χ2n) is 3.64. The highest BCUT2D eigenvalue weighted by molar-refractivity contribution is 5.98. The highest BCUT2D eigenvalue weighted by Crippen LogP contribution is 2.18. The summed E-state index contributed by atoms with van der Waals surface area (Å²) in [5.41, 5.74) is 0. The largest absolute Gasteiger partial charge is 0.468 e. The molecule has 0 spiro atoms. The van der Waals surface area contributed by atoms with E-state index in [1.54, 1.807) is 6.92 Å². The SMILES string of the molecule is COC(=O)C(C)C(=O)CC1CCOC1. The monoisotopic (exact) mass is 200 g/mol. The topological polar surface area (TPSA) is 52.6 Å². The fourth-order valence-electron chi connectivity index (χ4n) is 1.51. The van der Waals surface area contributed by atoms with E-state index < -0.39 is 11.9 Å². The lowest BCUT2D eigenvalue weighted by Gasteiger charge is -2.10. The van der Waals surface area contributed by atoms with Crippen LogP contribution < -0.4 is 0 Å². The molecule has 14 heavy (non-hydrogen) atoms. The first-order valence-corrected chi connectivity index (χ1v) is 4.83. The summed E-state index contributed by atoms with van der Waals surface area (Å²) in [5.74, 6) is -0.850. The molecule has 80 valence electrons. The van der Waals surface area contributed by atoms with Crippen LogP contribution in [0, 0.1) is 11.8 Å². The van der Waals surface area contributed by atoms with Crippen molar-refractivity contribution in [1.82, 2.24) is 0 Å². The number of Topliss-reactive ketones (excluding diaryl/α,β-unsaturated/α-hetero) is 1. The van der Waals surface area contributed by atoms with Gasteiger partial charge in [-0.1, -0.05) is 0 Å². The lowest BCUT2D eigenvalue weighted by Crippen LogP contribution is -2.24. The highest BCUT2D eigenvalue weighted by atomic mass is 16.5. The number of ketones is 1. The molecule has 1 fully saturated rings. The number of carbonyl (C=O) groups is 2. The lowest BCUT2D eigenvalue weighted by atomic mass is 9.95. The van der Waals surface area contributed by atoms with Gasteiger partial charge in [0.2, 0.25) is 0 Å². The second kappa shape index (κ2) is 5.10. The number of carbonyl (C=O) groups excluding carboxylic acids is 2. The Morgan fingerprint density at radius 1 is 1.57 bits per heavy atom. The van der Waals surface area contributed by atoms with E-state index >= 15 is 0 Å². The summed E-state index contributed by atoms with van der Waals surface area (Å²) in [4.78, 5) is 22.6. The predicted octanol–water partition coefficient (Wildman–Crippen LogP) is 0.791. The zero-order valence-corrected chi connectivity index (χ0v) is 8.62. The molecule has 0 amide bonds. The Labute approximate surface area is 83.6 Å². The fourth-order valence-corrected chi connectivity index (χ4v) is 1.51. The van der Waals surface area contributed by atoms with Crippen LogP contribution in [0.25, 0.3) is 0 Å². The van der Waals surface area contributed by atoms with Crippen molar-refractivity contribution in [2.45, 2.75) is 19.8 Å². The third-order valence-corrected chi connectivity index (χ3v) is 2.55. The summed E-state index contributed by atoms with van der Waals surface area (Å²) < 4.78 is 9.66. The van der Waals surface area contributed by atoms with Crippen molar-refractivity contribution in [3.8, 4) is 0 Å². The van der Waals surface area contributed by atoms with Crippen molar-refractivity contribution in [3.05, 3.63) is 0 Å². The first-order chi connectivity index (χ1) is 6.65. The average Bonchev–Trinajstić information content (AvgIpc) is 2.68. The number of esters is 1. The van der Waals surface area contributed by atoms with Crippen LogP contribution in [0.2, 0.25) is 0 Å². The van der Waals surface area contributed by atoms with Crippen LogP contribution in [0.15, 0.2) is 0 Å². The summed E-state index contributed by atoms with van der Waals surface area (Å²) in [6.45, 7) is 2.95. The normalized spacial score (nSPS) is 23.1. The first kappa shape index (κ1) is 11.2. The van der Waals surface area contributed by atoms with Crippen molar-refractivity contribution < 1.29 is 19.1 Å². The van der Waals surface area contributed by atoms with E-state index in [1.165, 1.54) is 7.11 Å². The van der Waals surface area contributed by atoms with Crippen LogP contribution in [-0.2, 0) is 19.1 Å². The molecule has 0 aromatic rings. The molecule has 2 atom stereocenters. The van der Waals surface area contributed by atoms with Crippen LogP contribution in [0.1, 0.15) is 19.8 Å². The molecule has 0 bridgehead atoms. The van der Waals surface area contributed by atoms with Crippen molar-refractivity contribution in [3.63, 3.8) is 0 Å². The van der Waals surface area contributed by atoms with E-state index in [2.05, 4.69) is 4.74 Å². The molecule has 4 nitrogen and oxygen atoms in total. The molecule has 0 saturated carbocycles. The maximum absolute atomic E-state index is 11.5. The zero-order chi connectivity index (χ0) is 10.6. The summed E-state index contributed by atoms with van der Waals surface area (Å²) in [5, 5.41) is 0. The number of hydrogen-bond donors (Lipinski definition) is 0. The van der Waals surface area contributed by atoms with Crippen LogP contribution in [-0.4, -0.2) is 32.1 Å². The van der Waals surface area contributed by atoms with Crippen LogP contribution in [0.3, 0.4) is 0 Å². The molecule has 0 radical (unpaired) electrons. The smallest absolute Gasteiger partial charge is 0.315 e. The van der Waals surface area contributed by atoms with E-state index in [0.717, 1.165) is 13.0 Å². The summed E-state index contributed by atoms with van der Waals surface area (Å²) in [6, 6.07) is 0. The van der Waals surface area contributed by atoms with Crippen molar-refractivity contribution in [2.75, 3.05) is 20.3 Å². The molecule has 1 aliphatic heterocycles. The molecule has 0 aromatic carbocycles. The molecule has 2 unspecified atom stereocenters. The molecule has 1 aliphatic rings. The van der Waals surface area contributed by atoms with E-state index in [4.69, 9.17) is 4.74 Å². The van der Waals surface area contributed by atoms with Gasteiger partial charge in [-0.15, -0.1) is 0 Å². The van der Waals surface area contributed by atoms with Crippen molar-refractivity contribution >= 4 is 11.8 Å². The maximum Gasteiger partial charge on any atom is 0.315 e. The molecular formula is C10H16O4. The van der Waals surface area contributed by atoms with Gasteiger partial charge in [0.1, 0.15) is 11.7 Å². The van der Waals surface area contributed by atoms with Gasteiger partial charge in [0.05, 0.1) is 7.11 Å². The molecule has 0 aliphatic carbocycles. The minimum Gasteiger partial charge on any atom is -0.468 e. The van der Waals surface area contributed by atoms with Gasteiger partial charge in [0.25, 0.3) is 0 Å². The number of rotatable bonds is 4. The number of hydrogen-bond acceptors (Lipinski definition) is 4. The second-order valence-corrected chi connectivity index (χ2v) is 3.64. The van der Waals surface area contributed by atoms with Gasteiger partial charge in [0.15, 0.2) is 0 Å². The molecule has 1 heterocycles. The van der Waals surface area contributed by atoms with Crippen molar-refractivity contribution in [2.24, 2.45) is 11.8 Å². The van der Waals surface area contributed by atoms with Crippen LogP contribution in [0.4, 0.5) is 0 Å². The van der Waals surface area contributed by atoms with Crippen LogP contribution in [0.5, 0.6) is 0 Å². The molecular weight excluding hydrogens is 184 g/mol. The Bertz CT molecular complexity index is 218. The number of ether oxygens (including phenoxy) is 2. The Kier molecular flexibility index (Phi) is 4.07. The summed E-state index contributed by atoms with van der Waals surface area (Å²) in [6.07, 6.45) is 1.34. The van der Waals surface area contributed by atoms with E-state index in [0.29, 0.717) is 13.0 Å². The predicted molar refractivity (Wildman–Crippen MR) is 49.7 cm³/mol. The summed E-state index contributed by atoms with van der Waals surface area (Å²) in [7, 11) is 1.30. The third kappa shape index (κ3) is 2.80. The Hall–Kier alpha value is -0.900. The molecule has 4 heteroatoms. The van der Waals surface area contributed by atoms with Gasteiger partial charge in [0, 0.05) is 19.6 Å². The molecule has 1 rings (SSSR count). The van der Waals surface area contributed by atoms with Gasteiger partial charge >= 0.3 is 5.97 Å². The highest BCUT2D eigenvalue weighted by Gasteiger charge is 2.26. The molecule has 0 aromatic heterocycles. The minimum absolute atomic E-state index is 0.0487. The molecule has 0 N–H and O–H groups in total. The zero-order valence-electron chi connectivity index (χ0n) is 8.62. The van der Waals surface area contributed by atoms with Gasteiger partial charge in [-0.25, -0.2) is 0 Å². The molecule has 1 saturated heterocycles. The summed E-state index contributed by atoms with van der Waals surface area (Å²) >= 11 is 0. The Morgan fingerprint density at radius 2 is 2.29 bits per heavy atom. The maximum atomic E-state index is 11.5. The Morgan fingerprint density at radius 3 is 2.79 bits per heavy atom. The first-order valence-electron chi connectivity index (χ1n) is 4.83. The average molecular weight is 200 g/mol. The van der Waals surface area contributed by atoms with Crippen LogP contribution >= 0.6 is 0 Å². The quantitative estimate of drug-likeness (QED) is 0.497. The van der Waals surface area contributed by atoms with Gasteiger partial charge in [-0.2, -0.15) is 0 Å². The van der Waals surface area contributed by atoms with Gasteiger partial charge < -0.3 is 9.47 Å². The third-order valence-electron chi connectivity index (χ3n) is 2.55. The number of methoxy groups -OCH3 is 1.